The van der Waals surface area contributed by atoms with Gasteiger partial charge in [0.15, 0.2) is 5.96 Å². The molecule has 1 atom stereocenters. The van der Waals surface area contributed by atoms with Crippen LogP contribution in [-0.2, 0) is 24.2 Å². The fraction of sp³-hybridized carbons (Fsp3) is 0.765. The molecule has 1 aromatic rings. The Hall–Kier alpha value is -0.830. The Labute approximate surface area is 161 Å². The number of hydrogen-bond acceptors (Lipinski definition) is 3. The van der Waals surface area contributed by atoms with Crippen molar-refractivity contribution in [2.75, 3.05) is 33.4 Å². The highest BCUT2D eigenvalue weighted by Gasteiger charge is 2.42. The number of halogens is 1. The van der Waals surface area contributed by atoms with Gasteiger partial charge in [0.25, 0.3) is 0 Å². The van der Waals surface area contributed by atoms with Crippen molar-refractivity contribution >= 4 is 29.9 Å². The highest BCUT2D eigenvalue weighted by Crippen LogP contribution is 2.38. The Kier molecular flexibility index (Phi) is 5.69. The number of fused-ring (bicyclic) bond motifs is 1. The molecule has 1 aromatic heterocycles. The number of nitrogens with one attached hydrogen (secondary N) is 1. The summed E-state index contributed by atoms with van der Waals surface area (Å²) in [6.45, 7) is 5.84. The molecule has 134 valence electrons. The maximum Gasteiger partial charge on any atom is 0.193 e. The van der Waals surface area contributed by atoms with Crippen LogP contribution in [0.5, 0.6) is 0 Å². The summed E-state index contributed by atoms with van der Waals surface area (Å²) in [7, 11) is 1.87. The normalized spacial score (nSPS) is 26.5. The average Bonchev–Trinajstić information content (AvgIpc) is 3.29. The minimum atomic E-state index is 0. The van der Waals surface area contributed by atoms with Crippen LogP contribution >= 0.6 is 24.0 Å². The summed E-state index contributed by atoms with van der Waals surface area (Å²) in [4.78, 5) is 11.6. The predicted octanol–water partition coefficient (Wildman–Crippen LogP) is 2.03. The summed E-state index contributed by atoms with van der Waals surface area (Å²) in [5.74, 6) is 2.24. The zero-order chi connectivity index (χ0) is 15.7. The third-order valence-corrected chi connectivity index (χ3v) is 5.52. The lowest BCUT2D eigenvalue weighted by Crippen LogP contribution is -2.41. The first kappa shape index (κ1) is 18.0. The second-order valence-electron chi connectivity index (χ2n) is 7.17. The van der Waals surface area contributed by atoms with Crippen molar-refractivity contribution in [1.29, 1.82) is 0 Å². The summed E-state index contributed by atoms with van der Waals surface area (Å²) in [5.41, 5.74) is 1.49. The van der Waals surface area contributed by atoms with E-state index < -0.39 is 0 Å². The van der Waals surface area contributed by atoms with Gasteiger partial charge >= 0.3 is 0 Å². The maximum absolute atomic E-state index is 5.62. The molecule has 6 nitrogen and oxygen atoms in total. The number of hydrogen-bond donors (Lipinski definition) is 1. The van der Waals surface area contributed by atoms with E-state index in [1.54, 1.807) is 0 Å². The molecular weight excluding hydrogens is 417 g/mol. The zero-order valence-electron chi connectivity index (χ0n) is 14.5. The second-order valence-corrected chi connectivity index (χ2v) is 7.17. The molecule has 3 aliphatic rings. The molecule has 0 aliphatic carbocycles. The van der Waals surface area contributed by atoms with E-state index in [-0.39, 0.29) is 24.0 Å². The van der Waals surface area contributed by atoms with Crippen LogP contribution in [0.25, 0.3) is 0 Å². The minimum absolute atomic E-state index is 0. The number of likely N-dealkylation sites (tertiary alicyclic amines) is 1. The van der Waals surface area contributed by atoms with Crippen LogP contribution in [0.3, 0.4) is 0 Å². The first-order valence-electron chi connectivity index (χ1n) is 8.86. The number of aromatic nitrogens is 2. The quantitative estimate of drug-likeness (QED) is 0.430. The van der Waals surface area contributed by atoms with E-state index in [1.165, 1.54) is 31.5 Å². The van der Waals surface area contributed by atoms with Crippen LogP contribution in [0.15, 0.2) is 11.2 Å². The summed E-state index contributed by atoms with van der Waals surface area (Å²) in [5, 5.41) is 3.50. The predicted molar refractivity (Wildman–Crippen MR) is 105 cm³/mol. The summed E-state index contributed by atoms with van der Waals surface area (Å²) in [6.07, 6.45) is 8.26. The first-order chi connectivity index (χ1) is 11.3. The van der Waals surface area contributed by atoms with Gasteiger partial charge in [-0.05, 0) is 25.7 Å². The van der Waals surface area contributed by atoms with Gasteiger partial charge in [-0.1, -0.05) is 0 Å². The molecule has 0 aromatic carbocycles. The lowest BCUT2D eigenvalue weighted by molar-refractivity contribution is 0.156. The van der Waals surface area contributed by atoms with E-state index in [4.69, 9.17) is 9.72 Å². The summed E-state index contributed by atoms with van der Waals surface area (Å²) >= 11 is 0. The van der Waals surface area contributed by atoms with Crippen molar-refractivity contribution in [3.05, 3.63) is 17.7 Å². The molecule has 0 radical (unpaired) electrons. The highest BCUT2D eigenvalue weighted by molar-refractivity contribution is 14.0. The van der Waals surface area contributed by atoms with E-state index in [1.807, 2.05) is 7.05 Å². The van der Waals surface area contributed by atoms with Gasteiger partial charge in [-0.2, -0.15) is 0 Å². The number of ether oxygens (including phenoxy) is 1. The summed E-state index contributed by atoms with van der Waals surface area (Å²) in [6, 6.07) is 0. The van der Waals surface area contributed by atoms with Crippen LogP contribution in [0, 0.1) is 5.41 Å². The average molecular weight is 445 g/mol. The SMILES string of the molecule is CN=C(NCc1cn2c(n1)CCCC2)N1CCC2(CCOC2)C1.I. The number of guanidine groups is 1. The molecule has 7 heteroatoms. The first-order valence-corrected chi connectivity index (χ1v) is 8.86. The third-order valence-electron chi connectivity index (χ3n) is 5.52. The van der Waals surface area contributed by atoms with E-state index in [0.717, 1.165) is 57.5 Å². The monoisotopic (exact) mass is 445 g/mol. The lowest BCUT2D eigenvalue weighted by Gasteiger charge is -2.24. The van der Waals surface area contributed by atoms with Gasteiger partial charge in [-0.3, -0.25) is 4.99 Å². The van der Waals surface area contributed by atoms with Gasteiger partial charge in [0.05, 0.1) is 18.8 Å². The van der Waals surface area contributed by atoms with Crippen molar-refractivity contribution in [3.63, 3.8) is 0 Å². The van der Waals surface area contributed by atoms with Gasteiger partial charge < -0.3 is 19.5 Å². The van der Waals surface area contributed by atoms with Gasteiger partial charge in [0, 0.05) is 51.3 Å². The molecule has 4 rings (SSSR count). The molecule has 3 aliphatic heterocycles. The van der Waals surface area contributed by atoms with Crippen molar-refractivity contribution in [2.45, 2.75) is 45.2 Å². The Balaban J connectivity index is 0.00000169. The Morgan fingerprint density at radius 1 is 1.38 bits per heavy atom. The molecule has 0 bridgehead atoms. The number of aliphatic imine (C=N–C) groups is 1. The van der Waals surface area contributed by atoms with Gasteiger partial charge in [0.1, 0.15) is 5.82 Å². The standard InChI is InChI=1S/C17H27N5O.HI/c1-18-16(22-8-5-17(12-22)6-9-23-13-17)19-10-14-11-21-7-3-2-4-15(21)20-14;/h11H,2-10,12-13H2,1H3,(H,18,19);1H. The fourth-order valence-corrected chi connectivity index (χ4v) is 4.15. The molecule has 0 saturated carbocycles. The maximum atomic E-state index is 5.62. The van der Waals surface area contributed by atoms with Crippen LogP contribution in [0.1, 0.15) is 37.2 Å². The minimum Gasteiger partial charge on any atom is -0.381 e. The van der Waals surface area contributed by atoms with E-state index in [2.05, 4.69) is 26.0 Å². The number of aryl methyl sites for hydroxylation is 2. The zero-order valence-corrected chi connectivity index (χ0v) is 16.8. The van der Waals surface area contributed by atoms with Crippen molar-refractivity contribution in [3.8, 4) is 0 Å². The van der Waals surface area contributed by atoms with Crippen molar-refractivity contribution in [2.24, 2.45) is 10.4 Å². The van der Waals surface area contributed by atoms with Crippen LogP contribution < -0.4 is 5.32 Å². The fourth-order valence-electron chi connectivity index (χ4n) is 4.15. The number of rotatable bonds is 2. The molecule has 1 spiro atoms. The second kappa shape index (κ2) is 7.59. The van der Waals surface area contributed by atoms with Gasteiger partial charge in [0.2, 0.25) is 0 Å². The van der Waals surface area contributed by atoms with Gasteiger partial charge in [-0.25, -0.2) is 4.98 Å². The Morgan fingerprint density at radius 2 is 2.29 bits per heavy atom. The van der Waals surface area contributed by atoms with Crippen LogP contribution in [0.4, 0.5) is 0 Å². The van der Waals surface area contributed by atoms with E-state index >= 15 is 0 Å². The smallest absolute Gasteiger partial charge is 0.193 e. The molecule has 4 heterocycles. The highest BCUT2D eigenvalue weighted by atomic mass is 127. The molecule has 1 N–H and O–H groups in total. The largest absolute Gasteiger partial charge is 0.381 e. The topological polar surface area (TPSA) is 54.7 Å². The molecule has 2 fully saturated rings. The molecule has 24 heavy (non-hydrogen) atoms. The Bertz CT molecular complexity index is 570. The number of imidazole rings is 1. The van der Waals surface area contributed by atoms with E-state index in [9.17, 15) is 0 Å². The molecule has 1 unspecified atom stereocenters. The molecular formula is C17H28IN5O. The van der Waals surface area contributed by atoms with Crippen molar-refractivity contribution < 1.29 is 4.74 Å². The Morgan fingerprint density at radius 3 is 3.04 bits per heavy atom. The van der Waals surface area contributed by atoms with E-state index in [0.29, 0.717) is 5.41 Å². The molecule has 2 saturated heterocycles. The van der Waals surface area contributed by atoms with Crippen LogP contribution in [-0.4, -0.2) is 53.8 Å². The molecule has 0 amide bonds. The van der Waals surface area contributed by atoms with Gasteiger partial charge in [-0.15, -0.1) is 24.0 Å². The van der Waals surface area contributed by atoms with Crippen molar-refractivity contribution in [1.82, 2.24) is 19.8 Å². The number of nitrogens with zero attached hydrogens (tertiary/aromatic N) is 4. The lowest BCUT2D eigenvalue weighted by atomic mass is 9.87. The third kappa shape index (κ3) is 3.56. The summed E-state index contributed by atoms with van der Waals surface area (Å²) < 4.78 is 7.93. The van der Waals surface area contributed by atoms with Crippen LogP contribution in [0.2, 0.25) is 0 Å².